The first-order valence-electron chi connectivity index (χ1n) is 8.34. The van der Waals surface area contributed by atoms with E-state index in [1.165, 1.54) is 13.2 Å². The summed E-state index contributed by atoms with van der Waals surface area (Å²) in [5.41, 5.74) is 0. The van der Waals surface area contributed by atoms with E-state index in [-0.39, 0.29) is 43.8 Å². The number of imide groups is 1. The monoisotopic (exact) mass is 514 g/mol. The number of methoxy groups -OCH3 is 1. The largest absolute Gasteiger partial charge is 0.499 e. The Morgan fingerprint density at radius 2 is 1.75 bits per heavy atom. The van der Waals surface area contributed by atoms with Crippen molar-refractivity contribution < 1.29 is 19.1 Å². The highest BCUT2D eigenvalue weighted by molar-refractivity contribution is 6.67. The fourth-order valence-electron chi connectivity index (χ4n) is 2.63. The number of ether oxygens (including phenoxy) is 1. The third-order valence-corrected chi connectivity index (χ3v) is 5.12. The van der Waals surface area contributed by atoms with Crippen molar-refractivity contribution in [3.63, 3.8) is 0 Å². The number of amides is 3. The lowest BCUT2D eigenvalue weighted by Crippen LogP contribution is -2.52. The van der Waals surface area contributed by atoms with E-state index in [0.29, 0.717) is 0 Å². The number of hydrogen-bond acceptors (Lipinski definition) is 4. The first kappa shape index (κ1) is 25.9. The van der Waals surface area contributed by atoms with E-state index in [4.69, 9.17) is 74.3 Å². The van der Waals surface area contributed by atoms with Crippen molar-refractivity contribution in [2.45, 2.75) is 58.7 Å². The number of rotatable bonds is 8. The van der Waals surface area contributed by atoms with Crippen molar-refractivity contribution >= 4 is 87.3 Å². The van der Waals surface area contributed by atoms with Crippen molar-refractivity contribution in [2.75, 3.05) is 7.11 Å². The molecule has 0 spiro atoms. The molecule has 12 heteroatoms. The predicted molar refractivity (Wildman–Crippen MR) is 112 cm³/mol. The van der Waals surface area contributed by atoms with Crippen LogP contribution in [0.1, 0.15) is 39.0 Å². The van der Waals surface area contributed by atoms with Crippen LogP contribution < -0.4 is 5.32 Å². The average molecular weight is 517 g/mol. The average Bonchev–Trinajstić information content (AvgIpc) is 2.89. The van der Waals surface area contributed by atoms with Crippen molar-refractivity contribution in [2.24, 2.45) is 0 Å². The molecule has 0 radical (unpaired) electrons. The van der Waals surface area contributed by atoms with Gasteiger partial charge in [-0.05, 0) is 25.7 Å². The SMILES string of the molecule is CCC(=O)N[C@@H](CCC(Cl)(Cl)Cl)C(=O)N1C(=O)C=C(OC)[C@H]1CCC(Cl)(Cl)Cl. The highest BCUT2D eigenvalue weighted by atomic mass is 35.6. The number of carbonyl (C=O) groups is 3. The van der Waals surface area contributed by atoms with Crippen LogP contribution in [0.15, 0.2) is 11.8 Å². The Hall–Kier alpha value is -0.110. The fraction of sp³-hybridized carbons (Fsp3) is 0.688. The minimum absolute atomic E-state index is 0.0104. The molecule has 0 aromatic carbocycles. The van der Waals surface area contributed by atoms with Gasteiger partial charge in [-0.15, -0.1) is 0 Å². The van der Waals surface area contributed by atoms with Gasteiger partial charge in [-0.1, -0.05) is 76.5 Å². The molecular weight excluding hydrogens is 497 g/mol. The van der Waals surface area contributed by atoms with Crippen LogP contribution in [0.2, 0.25) is 0 Å². The van der Waals surface area contributed by atoms with Gasteiger partial charge in [0.1, 0.15) is 11.8 Å². The number of alkyl halides is 6. The summed E-state index contributed by atoms with van der Waals surface area (Å²) < 4.78 is 2.02. The lowest BCUT2D eigenvalue weighted by atomic mass is 10.1. The lowest BCUT2D eigenvalue weighted by molar-refractivity contribution is -0.146. The van der Waals surface area contributed by atoms with Gasteiger partial charge < -0.3 is 10.1 Å². The summed E-state index contributed by atoms with van der Waals surface area (Å²) in [6, 6.07) is -1.83. The highest BCUT2D eigenvalue weighted by Crippen LogP contribution is 2.36. The van der Waals surface area contributed by atoms with Gasteiger partial charge in [0.05, 0.1) is 13.2 Å². The second-order valence-corrected chi connectivity index (χ2v) is 11.1. The Labute approximate surface area is 193 Å². The van der Waals surface area contributed by atoms with Crippen LogP contribution in [0.4, 0.5) is 0 Å². The van der Waals surface area contributed by atoms with Crippen molar-refractivity contribution in [3.05, 3.63) is 11.8 Å². The van der Waals surface area contributed by atoms with E-state index in [0.717, 1.165) is 4.90 Å². The van der Waals surface area contributed by atoms with Crippen LogP contribution in [0.5, 0.6) is 0 Å². The molecule has 0 aromatic heterocycles. The van der Waals surface area contributed by atoms with Crippen molar-refractivity contribution in [1.82, 2.24) is 10.2 Å². The highest BCUT2D eigenvalue weighted by Gasteiger charge is 2.42. The molecule has 1 rings (SSSR count). The summed E-state index contributed by atoms with van der Waals surface area (Å²) in [4.78, 5) is 38.4. The Balaban J connectivity index is 3.07. The number of nitrogens with one attached hydrogen (secondary N) is 1. The van der Waals surface area contributed by atoms with Gasteiger partial charge >= 0.3 is 0 Å². The van der Waals surface area contributed by atoms with Crippen LogP contribution in [0.3, 0.4) is 0 Å². The molecule has 160 valence electrons. The normalized spacial score (nSPS) is 18.7. The smallest absolute Gasteiger partial charge is 0.257 e. The van der Waals surface area contributed by atoms with Crippen LogP contribution >= 0.6 is 69.6 Å². The summed E-state index contributed by atoms with van der Waals surface area (Å²) in [6.07, 6.45) is 1.57. The molecule has 2 atom stereocenters. The third kappa shape index (κ3) is 8.33. The van der Waals surface area contributed by atoms with Crippen LogP contribution in [0.25, 0.3) is 0 Å². The minimum Gasteiger partial charge on any atom is -0.499 e. The number of halogens is 6. The van der Waals surface area contributed by atoms with Crippen molar-refractivity contribution in [3.8, 4) is 0 Å². The fourth-order valence-corrected chi connectivity index (χ4v) is 3.28. The molecule has 28 heavy (non-hydrogen) atoms. The maximum absolute atomic E-state index is 13.1. The topological polar surface area (TPSA) is 75.7 Å². The lowest BCUT2D eigenvalue weighted by Gasteiger charge is -2.30. The molecule has 0 unspecified atom stereocenters. The van der Waals surface area contributed by atoms with E-state index in [2.05, 4.69) is 5.32 Å². The Kier molecular flexibility index (Phi) is 9.98. The molecule has 0 saturated carbocycles. The Morgan fingerprint density at radius 3 is 2.21 bits per heavy atom. The van der Waals surface area contributed by atoms with E-state index in [1.807, 2.05) is 0 Å². The molecule has 0 aromatic rings. The molecule has 1 heterocycles. The third-order valence-electron chi connectivity index (χ3n) is 3.99. The number of hydrogen-bond donors (Lipinski definition) is 1. The van der Waals surface area contributed by atoms with Crippen LogP contribution in [-0.4, -0.2) is 49.4 Å². The molecule has 0 saturated heterocycles. The van der Waals surface area contributed by atoms with Gasteiger partial charge in [0, 0.05) is 12.5 Å². The van der Waals surface area contributed by atoms with E-state index < -0.39 is 31.5 Å². The van der Waals surface area contributed by atoms with Gasteiger partial charge in [0.2, 0.25) is 5.91 Å². The van der Waals surface area contributed by atoms with Gasteiger partial charge in [-0.3, -0.25) is 19.3 Å². The summed E-state index contributed by atoms with van der Waals surface area (Å²) in [5.74, 6) is -1.37. The zero-order valence-corrected chi connectivity index (χ0v) is 19.7. The first-order valence-corrected chi connectivity index (χ1v) is 10.6. The summed E-state index contributed by atoms with van der Waals surface area (Å²) in [6.45, 7) is 1.63. The molecule has 1 aliphatic heterocycles. The summed E-state index contributed by atoms with van der Waals surface area (Å²) >= 11 is 34.7. The summed E-state index contributed by atoms with van der Waals surface area (Å²) in [7, 11) is 1.37. The zero-order chi connectivity index (χ0) is 21.7. The molecule has 0 bridgehead atoms. The van der Waals surface area contributed by atoms with E-state index >= 15 is 0 Å². The maximum Gasteiger partial charge on any atom is 0.257 e. The molecule has 1 aliphatic rings. The predicted octanol–water partition coefficient (Wildman–Crippen LogP) is 4.45. The van der Waals surface area contributed by atoms with E-state index in [9.17, 15) is 14.4 Å². The molecule has 6 nitrogen and oxygen atoms in total. The second kappa shape index (κ2) is 10.8. The van der Waals surface area contributed by atoms with Gasteiger partial charge in [-0.25, -0.2) is 0 Å². The first-order chi connectivity index (χ1) is 12.8. The molecule has 0 fully saturated rings. The van der Waals surface area contributed by atoms with E-state index in [1.54, 1.807) is 6.92 Å². The minimum atomic E-state index is -1.62. The van der Waals surface area contributed by atoms with Crippen LogP contribution in [0, 0.1) is 0 Å². The van der Waals surface area contributed by atoms with Gasteiger partial charge in [0.15, 0.2) is 7.59 Å². The molecule has 1 N–H and O–H groups in total. The second-order valence-electron chi connectivity index (χ2n) is 6.09. The quantitative estimate of drug-likeness (QED) is 0.484. The van der Waals surface area contributed by atoms with Crippen molar-refractivity contribution in [1.29, 1.82) is 0 Å². The maximum atomic E-state index is 13.1. The molecular formula is C16H20Cl6N2O4. The number of carbonyl (C=O) groups excluding carboxylic acids is 3. The molecule has 0 aliphatic carbocycles. The Bertz CT molecular complexity index is 630. The zero-order valence-electron chi connectivity index (χ0n) is 15.1. The Morgan fingerprint density at radius 1 is 1.18 bits per heavy atom. The van der Waals surface area contributed by atoms with Crippen LogP contribution in [-0.2, 0) is 19.1 Å². The number of nitrogens with zero attached hydrogens (tertiary/aromatic N) is 1. The molecule has 3 amide bonds. The standard InChI is InChI=1S/C16H20Cl6N2O4/c1-3-12(25)23-9(4-6-15(17,18)19)14(27)24-10(5-7-16(20,21)22)11(28-2)8-13(24)26/h8-10H,3-7H2,1-2H3,(H,23,25)/t9-,10+/m0/s1. The van der Waals surface area contributed by atoms with Gasteiger partial charge in [0.25, 0.3) is 11.8 Å². The van der Waals surface area contributed by atoms with Gasteiger partial charge in [-0.2, -0.15) is 0 Å². The summed E-state index contributed by atoms with van der Waals surface area (Å²) in [5, 5.41) is 2.56.